The second kappa shape index (κ2) is 16.4. The minimum Gasteiger partial charge on any atom is -0.497 e. The number of nitrogens with one attached hydrogen (secondary N) is 2. The first-order valence-electron chi connectivity index (χ1n) is 16.7. The van der Waals surface area contributed by atoms with Crippen molar-refractivity contribution in [2.75, 3.05) is 59.4 Å². The molecular formula is C38H47N3O8S. The summed E-state index contributed by atoms with van der Waals surface area (Å²) in [7, 11) is 7.91. The second-order valence-electron chi connectivity index (χ2n) is 12.4. The molecule has 0 spiro atoms. The number of nitrogens with zero attached hydrogens (tertiary/aromatic N) is 1. The van der Waals surface area contributed by atoms with Crippen LogP contribution in [0.5, 0.6) is 28.7 Å². The van der Waals surface area contributed by atoms with Crippen LogP contribution in [0.25, 0.3) is 11.1 Å². The Labute approximate surface area is 298 Å². The molecule has 3 aromatic rings. The Bertz CT molecular complexity index is 1780. The number of likely N-dealkylation sites (tertiary alicyclic amines) is 1. The lowest BCUT2D eigenvalue weighted by Gasteiger charge is -2.30. The SMILES string of the molecule is COc1ccc([C@H]2CCCN2C(=O)[C@H](CCSC)Nc2ccc3c(cc2=O)[C@@H](NC(C)=O)CCc2cc(OC)c(OC)c(OC)c2-3)c(OC)c1. The van der Waals surface area contributed by atoms with Crippen molar-refractivity contribution in [1.82, 2.24) is 10.2 Å². The zero-order valence-corrected chi connectivity index (χ0v) is 30.7. The number of carbonyl (C=O) groups is 2. The van der Waals surface area contributed by atoms with Gasteiger partial charge in [0.2, 0.25) is 23.0 Å². The lowest BCUT2D eigenvalue weighted by molar-refractivity contribution is -0.133. The molecule has 3 aromatic carbocycles. The van der Waals surface area contributed by atoms with E-state index in [-0.39, 0.29) is 29.0 Å². The van der Waals surface area contributed by atoms with Crippen molar-refractivity contribution in [3.05, 3.63) is 69.4 Å². The molecule has 11 nitrogen and oxygen atoms in total. The van der Waals surface area contributed by atoms with Crippen LogP contribution in [0.15, 0.2) is 47.3 Å². The van der Waals surface area contributed by atoms with Crippen LogP contribution in [0.2, 0.25) is 0 Å². The Morgan fingerprint density at radius 1 is 0.900 bits per heavy atom. The van der Waals surface area contributed by atoms with Crippen molar-refractivity contribution < 1.29 is 33.3 Å². The largest absolute Gasteiger partial charge is 0.497 e. The number of aryl methyl sites for hydroxylation is 1. The molecule has 268 valence electrons. The Morgan fingerprint density at radius 2 is 1.66 bits per heavy atom. The van der Waals surface area contributed by atoms with Gasteiger partial charge >= 0.3 is 0 Å². The summed E-state index contributed by atoms with van der Waals surface area (Å²) in [6.07, 6.45) is 5.30. The molecule has 0 saturated carbocycles. The predicted molar refractivity (Wildman–Crippen MR) is 196 cm³/mol. The summed E-state index contributed by atoms with van der Waals surface area (Å²) < 4.78 is 28.4. The minimum atomic E-state index is -0.653. The molecule has 0 bridgehead atoms. The Kier molecular flexibility index (Phi) is 12.0. The standard InChI is InChI=1S/C38H47N3O8S/c1-22(42)39-28-14-10-23-19-34(47-4)36(48-5)37(49-6)35(23)25-13-15-29(32(43)21-27(25)28)40-30(16-18-50-7)38(44)41-17-8-9-31(41)26-12-11-24(45-2)20-33(26)46-3/h11-13,15,19-21,28,30-31H,8-10,14,16-18H2,1-7H3,(H,39,42)(H,40,43)/t28-,30-,31+/m0/s1. The minimum absolute atomic E-state index is 0.0770. The zero-order valence-electron chi connectivity index (χ0n) is 29.8. The average Bonchev–Trinajstić information content (AvgIpc) is 3.50. The molecule has 2 aliphatic rings. The maximum absolute atomic E-state index is 14.4. The predicted octanol–water partition coefficient (Wildman–Crippen LogP) is 5.78. The van der Waals surface area contributed by atoms with Gasteiger partial charge in [-0.2, -0.15) is 11.8 Å². The molecule has 1 aliphatic heterocycles. The molecule has 2 N–H and O–H groups in total. The van der Waals surface area contributed by atoms with Crippen LogP contribution in [0.3, 0.4) is 0 Å². The second-order valence-corrected chi connectivity index (χ2v) is 13.4. The van der Waals surface area contributed by atoms with Gasteiger partial charge in [-0.05, 0) is 91.1 Å². The van der Waals surface area contributed by atoms with E-state index in [1.807, 2.05) is 41.5 Å². The van der Waals surface area contributed by atoms with Crippen LogP contribution in [-0.2, 0) is 16.0 Å². The first-order valence-corrected chi connectivity index (χ1v) is 18.1. The molecule has 0 aromatic heterocycles. The highest BCUT2D eigenvalue weighted by Gasteiger charge is 2.36. The molecule has 3 atom stereocenters. The summed E-state index contributed by atoms with van der Waals surface area (Å²) in [5, 5.41) is 6.40. The highest BCUT2D eigenvalue weighted by molar-refractivity contribution is 7.98. The topological polar surface area (TPSA) is 125 Å². The summed E-state index contributed by atoms with van der Waals surface area (Å²) in [5.41, 5.74) is 3.99. The van der Waals surface area contributed by atoms with Gasteiger partial charge in [-0.25, -0.2) is 0 Å². The van der Waals surface area contributed by atoms with Crippen molar-refractivity contribution in [3.8, 4) is 39.9 Å². The fourth-order valence-electron chi connectivity index (χ4n) is 7.16. The highest BCUT2D eigenvalue weighted by atomic mass is 32.2. The van der Waals surface area contributed by atoms with Gasteiger partial charge in [0.15, 0.2) is 11.5 Å². The number of benzene rings is 2. The van der Waals surface area contributed by atoms with Crippen LogP contribution in [-0.4, -0.2) is 76.9 Å². The van der Waals surface area contributed by atoms with Gasteiger partial charge in [0, 0.05) is 30.7 Å². The number of hydrogen-bond donors (Lipinski definition) is 2. The van der Waals surface area contributed by atoms with E-state index in [0.29, 0.717) is 65.9 Å². The highest BCUT2D eigenvalue weighted by Crippen LogP contribution is 2.50. The van der Waals surface area contributed by atoms with Crippen molar-refractivity contribution in [2.24, 2.45) is 0 Å². The summed E-state index contributed by atoms with van der Waals surface area (Å²) in [6.45, 7) is 2.06. The van der Waals surface area contributed by atoms with E-state index in [2.05, 4.69) is 10.6 Å². The van der Waals surface area contributed by atoms with Crippen molar-refractivity contribution >= 4 is 29.3 Å². The van der Waals surface area contributed by atoms with Crippen LogP contribution in [0.4, 0.5) is 5.69 Å². The van der Waals surface area contributed by atoms with E-state index in [0.717, 1.165) is 35.1 Å². The lowest BCUT2D eigenvalue weighted by atomic mass is 9.95. The summed E-state index contributed by atoms with van der Waals surface area (Å²) in [5.74, 6) is 3.21. The third-order valence-corrected chi connectivity index (χ3v) is 10.1. The molecule has 2 amide bonds. The molecule has 1 heterocycles. The first kappa shape index (κ1) is 36.7. The van der Waals surface area contributed by atoms with Crippen molar-refractivity contribution in [2.45, 2.75) is 57.2 Å². The van der Waals surface area contributed by atoms with E-state index < -0.39 is 12.1 Å². The van der Waals surface area contributed by atoms with Gasteiger partial charge in [0.1, 0.15) is 17.5 Å². The fraction of sp³-hybridized carbons (Fsp3) is 0.447. The number of carbonyl (C=O) groups excluding carboxylic acids is 2. The molecule has 0 unspecified atom stereocenters. The molecule has 1 saturated heterocycles. The van der Waals surface area contributed by atoms with E-state index in [4.69, 9.17) is 23.7 Å². The molecule has 50 heavy (non-hydrogen) atoms. The third-order valence-electron chi connectivity index (χ3n) is 9.49. The number of ether oxygens (including phenoxy) is 5. The van der Waals surface area contributed by atoms with Crippen molar-refractivity contribution in [1.29, 1.82) is 0 Å². The zero-order chi connectivity index (χ0) is 35.9. The molecule has 0 radical (unpaired) electrons. The number of rotatable bonds is 13. The number of methoxy groups -OCH3 is 5. The maximum Gasteiger partial charge on any atom is 0.245 e. The smallest absolute Gasteiger partial charge is 0.245 e. The van der Waals surface area contributed by atoms with Gasteiger partial charge in [-0.1, -0.05) is 6.07 Å². The first-order chi connectivity index (χ1) is 24.2. The van der Waals surface area contributed by atoms with E-state index in [1.54, 1.807) is 59.4 Å². The Balaban J connectivity index is 1.58. The van der Waals surface area contributed by atoms with Gasteiger partial charge in [-0.3, -0.25) is 14.4 Å². The van der Waals surface area contributed by atoms with E-state index >= 15 is 0 Å². The number of anilines is 1. The summed E-state index contributed by atoms with van der Waals surface area (Å²) >= 11 is 1.64. The van der Waals surface area contributed by atoms with Crippen molar-refractivity contribution in [3.63, 3.8) is 0 Å². The van der Waals surface area contributed by atoms with Gasteiger partial charge in [-0.15, -0.1) is 0 Å². The fourth-order valence-corrected chi connectivity index (χ4v) is 7.63. The molecule has 12 heteroatoms. The monoisotopic (exact) mass is 705 g/mol. The number of amides is 2. The maximum atomic E-state index is 14.4. The Morgan fingerprint density at radius 3 is 2.32 bits per heavy atom. The van der Waals surface area contributed by atoms with E-state index in [9.17, 15) is 14.4 Å². The van der Waals surface area contributed by atoms with Crippen LogP contribution in [0, 0.1) is 0 Å². The lowest BCUT2D eigenvalue weighted by Crippen LogP contribution is -2.43. The van der Waals surface area contributed by atoms with Gasteiger partial charge < -0.3 is 39.2 Å². The van der Waals surface area contributed by atoms with Gasteiger partial charge in [0.25, 0.3) is 0 Å². The van der Waals surface area contributed by atoms with Crippen LogP contribution >= 0.6 is 11.8 Å². The summed E-state index contributed by atoms with van der Waals surface area (Å²) in [6, 6.07) is 11.5. The average molecular weight is 706 g/mol. The summed E-state index contributed by atoms with van der Waals surface area (Å²) in [4.78, 5) is 42.8. The quantitative estimate of drug-likeness (QED) is 0.226. The van der Waals surface area contributed by atoms with Crippen LogP contribution < -0.4 is 39.7 Å². The number of thioether (sulfide) groups is 1. The molecular weight excluding hydrogens is 658 g/mol. The Hall–Kier alpha value is -4.58. The van der Waals surface area contributed by atoms with E-state index in [1.165, 1.54) is 6.92 Å². The van der Waals surface area contributed by atoms with Gasteiger partial charge in [0.05, 0.1) is 53.3 Å². The molecule has 5 rings (SSSR count). The van der Waals surface area contributed by atoms with Crippen LogP contribution in [0.1, 0.15) is 61.4 Å². The third kappa shape index (κ3) is 7.45. The normalized spacial score (nSPS) is 17.1. The molecule has 1 fully saturated rings. The number of fused-ring (bicyclic) bond motifs is 3. The molecule has 1 aliphatic carbocycles. The number of hydrogen-bond acceptors (Lipinski definition) is 10.